The molecule has 0 aromatic heterocycles. The summed E-state index contributed by atoms with van der Waals surface area (Å²) >= 11 is 0. The molecule has 2 N–H and O–H groups in total. The number of halogens is 1. The van der Waals surface area contributed by atoms with Crippen molar-refractivity contribution in [2.75, 3.05) is 21.3 Å². The molecule has 0 saturated heterocycles. The van der Waals surface area contributed by atoms with E-state index < -0.39 is 0 Å². The van der Waals surface area contributed by atoms with Gasteiger partial charge in [0, 0.05) is 13.1 Å². The van der Waals surface area contributed by atoms with Gasteiger partial charge in [-0.2, -0.15) is 0 Å². The van der Waals surface area contributed by atoms with Crippen LogP contribution in [0.15, 0.2) is 23.2 Å². The van der Waals surface area contributed by atoms with Gasteiger partial charge in [0.15, 0.2) is 17.5 Å². The summed E-state index contributed by atoms with van der Waals surface area (Å²) in [6, 6.07) is 6.35. The molecule has 6 heteroatoms. The average molecular weight is 391 g/mol. The number of aliphatic imine (C=N–C) groups is 1. The summed E-state index contributed by atoms with van der Waals surface area (Å²) in [7, 11) is 5.24. The highest BCUT2D eigenvalue weighted by molar-refractivity contribution is 14.0. The lowest BCUT2D eigenvalue weighted by atomic mass is 10.2. The fourth-order valence-corrected chi connectivity index (χ4v) is 1.91. The van der Waals surface area contributed by atoms with E-state index in [1.165, 1.54) is 12.8 Å². The third-order valence-corrected chi connectivity index (χ3v) is 3.33. The molecule has 1 aromatic rings. The van der Waals surface area contributed by atoms with Gasteiger partial charge < -0.3 is 20.1 Å². The highest BCUT2D eigenvalue weighted by Crippen LogP contribution is 2.28. The predicted molar refractivity (Wildman–Crippen MR) is 91.1 cm³/mol. The zero-order valence-electron chi connectivity index (χ0n) is 12.1. The van der Waals surface area contributed by atoms with Crippen LogP contribution in [-0.2, 0) is 6.54 Å². The van der Waals surface area contributed by atoms with Crippen molar-refractivity contribution in [3.8, 4) is 11.5 Å². The first kappa shape index (κ1) is 16.9. The minimum atomic E-state index is 0. The molecule has 0 bridgehead atoms. The number of hydrogen-bond donors (Lipinski definition) is 1. The second-order valence-electron chi connectivity index (χ2n) is 4.71. The molecule has 0 heterocycles. The van der Waals surface area contributed by atoms with Crippen molar-refractivity contribution in [2.45, 2.75) is 25.4 Å². The molecule has 1 aliphatic rings. The fraction of sp³-hybridized carbons (Fsp3) is 0.500. The van der Waals surface area contributed by atoms with E-state index in [2.05, 4.69) is 4.99 Å². The van der Waals surface area contributed by atoms with Crippen LogP contribution in [0.4, 0.5) is 0 Å². The van der Waals surface area contributed by atoms with Crippen molar-refractivity contribution in [1.82, 2.24) is 4.90 Å². The summed E-state index contributed by atoms with van der Waals surface area (Å²) in [6.45, 7) is 0.545. The van der Waals surface area contributed by atoms with Crippen LogP contribution in [0.25, 0.3) is 0 Å². The number of methoxy groups -OCH3 is 2. The maximum atomic E-state index is 5.95. The zero-order valence-corrected chi connectivity index (χ0v) is 14.5. The Morgan fingerprint density at radius 3 is 2.50 bits per heavy atom. The van der Waals surface area contributed by atoms with Gasteiger partial charge in [0.2, 0.25) is 0 Å². The number of ether oxygens (including phenoxy) is 2. The molecule has 0 spiro atoms. The van der Waals surface area contributed by atoms with Gasteiger partial charge in [0.1, 0.15) is 0 Å². The van der Waals surface area contributed by atoms with E-state index >= 15 is 0 Å². The summed E-state index contributed by atoms with van der Waals surface area (Å²) in [5, 5.41) is 0. The zero-order chi connectivity index (χ0) is 13.8. The molecular formula is C14H22IN3O2. The van der Waals surface area contributed by atoms with E-state index in [-0.39, 0.29) is 24.0 Å². The lowest BCUT2D eigenvalue weighted by molar-refractivity contribution is 0.354. The van der Waals surface area contributed by atoms with E-state index in [0.717, 1.165) is 11.3 Å². The normalized spacial score (nSPS) is 14.4. The SMILES string of the molecule is COc1ccc(CN=C(N)N(C)C2CC2)cc1OC.I. The molecule has 5 nitrogen and oxygen atoms in total. The Bertz CT molecular complexity index is 475. The average Bonchev–Trinajstić information content (AvgIpc) is 3.28. The first-order valence-corrected chi connectivity index (χ1v) is 6.39. The van der Waals surface area contributed by atoms with E-state index in [4.69, 9.17) is 15.2 Å². The molecule has 1 aliphatic carbocycles. The highest BCUT2D eigenvalue weighted by atomic mass is 127. The second kappa shape index (κ2) is 7.56. The Morgan fingerprint density at radius 1 is 1.30 bits per heavy atom. The van der Waals surface area contributed by atoms with Crippen LogP contribution >= 0.6 is 24.0 Å². The second-order valence-corrected chi connectivity index (χ2v) is 4.71. The van der Waals surface area contributed by atoms with Crippen LogP contribution in [0.3, 0.4) is 0 Å². The van der Waals surface area contributed by atoms with Crippen molar-refractivity contribution in [1.29, 1.82) is 0 Å². The standard InChI is InChI=1S/C14H21N3O2.HI/c1-17(11-5-6-11)14(15)16-9-10-4-7-12(18-2)13(8-10)19-3;/h4,7-8,11H,5-6,9H2,1-3H3,(H2,15,16);1H. The lowest BCUT2D eigenvalue weighted by Crippen LogP contribution is -2.35. The smallest absolute Gasteiger partial charge is 0.191 e. The summed E-state index contributed by atoms with van der Waals surface area (Å²) in [5.74, 6) is 2.03. The number of nitrogens with zero attached hydrogens (tertiary/aromatic N) is 2. The maximum Gasteiger partial charge on any atom is 0.191 e. The highest BCUT2D eigenvalue weighted by Gasteiger charge is 2.27. The Morgan fingerprint density at radius 2 is 1.95 bits per heavy atom. The Labute approximate surface area is 137 Å². The molecule has 0 amide bonds. The van der Waals surface area contributed by atoms with Crippen molar-refractivity contribution >= 4 is 29.9 Å². The number of rotatable bonds is 5. The van der Waals surface area contributed by atoms with Crippen molar-refractivity contribution in [2.24, 2.45) is 10.7 Å². The Kier molecular flexibility index (Phi) is 6.38. The molecule has 112 valence electrons. The molecule has 0 atom stereocenters. The monoisotopic (exact) mass is 391 g/mol. The number of nitrogens with two attached hydrogens (primary N) is 1. The van der Waals surface area contributed by atoms with Crippen molar-refractivity contribution < 1.29 is 9.47 Å². The van der Waals surface area contributed by atoms with Crippen LogP contribution in [0.5, 0.6) is 11.5 Å². The van der Waals surface area contributed by atoms with Gasteiger partial charge in [0.25, 0.3) is 0 Å². The number of guanidine groups is 1. The van der Waals surface area contributed by atoms with Gasteiger partial charge >= 0.3 is 0 Å². The van der Waals surface area contributed by atoms with Crippen LogP contribution in [0.1, 0.15) is 18.4 Å². The first-order chi connectivity index (χ1) is 9.15. The van der Waals surface area contributed by atoms with Crippen LogP contribution in [0, 0.1) is 0 Å². The van der Waals surface area contributed by atoms with E-state index in [1.54, 1.807) is 14.2 Å². The van der Waals surface area contributed by atoms with Gasteiger partial charge in [-0.05, 0) is 30.5 Å². The fourth-order valence-electron chi connectivity index (χ4n) is 1.91. The lowest BCUT2D eigenvalue weighted by Gasteiger charge is -2.17. The van der Waals surface area contributed by atoms with E-state index in [0.29, 0.717) is 24.3 Å². The van der Waals surface area contributed by atoms with Crippen LogP contribution < -0.4 is 15.2 Å². The summed E-state index contributed by atoms with van der Waals surface area (Å²) in [4.78, 5) is 6.45. The molecule has 20 heavy (non-hydrogen) atoms. The van der Waals surface area contributed by atoms with Crippen LogP contribution in [-0.4, -0.2) is 38.2 Å². The quantitative estimate of drug-likeness (QED) is 0.475. The maximum absolute atomic E-state index is 5.95. The van der Waals surface area contributed by atoms with Crippen LogP contribution in [0.2, 0.25) is 0 Å². The molecule has 1 fully saturated rings. The van der Waals surface area contributed by atoms with Gasteiger partial charge in [0.05, 0.1) is 20.8 Å². The molecular weight excluding hydrogens is 369 g/mol. The molecule has 1 saturated carbocycles. The number of hydrogen-bond acceptors (Lipinski definition) is 3. The van der Waals surface area contributed by atoms with E-state index in [1.807, 2.05) is 30.1 Å². The van der Waals surface area contributed by atoms with Gasteiger partial charge in [-0.3, -0.25) is 0 Å². The molecule has 0 aliphatic heterocycles. The van der Waals surface area contributed by atoms with Gasteiger partial charge in [-0.1, -0.05) is 6.07 Å². The Hall–Kier alpha value is -1.18. The summed E-state index contributed by atoms with van der Waals surface area (Å²) in [6.07, 6.45) is 2.42. The van der Waals surface area contributed by atoms with E-state index in [9.17, 15) is 0 Å². The first-order valence-electron chi connectivity index (χ1n) is 6.39. The third kappa shape index (κ3) is 4.16. The minimum absolute atomic E-state index is 0. The van der Waals surface area contributed by atoms with Crippen molar-refractivity contribution in [3.63, 3.8) is 0 Å². The predicted octanol–water partition coefficient (Wildman–Crippen LogP) is 2.23. The summed E-state index contributed by atoms with van der Waals surface area (Å²) in [5.41, 5.74) is 7.00. The molecule has 1 aromatic carbocycles. The largest absolute Gasteiger partial charge is 0.493 e. The minimum Gasteiger partial charge on any atom is -0.493 e. The summed E-state index contributed by atoms with van der Waals surface area (Å²) < 4.78 is 10.5. The van der Waals surface area contributed by atoms with Crippen molar-refractivity contribution in [3.05, 3.63) is 23.8 Å². The topological polar surface area (TPSA) is 60.1 Å². The third-order valence-electron chi connectivity index (χ3n) is 3.33. The molecule has 2 rings (SSSR count). The van der Waals surface area contributed by atoms with Gasteiger partial charge in [-0.25, -0.2) is 4.99 Å². The number of benzene rings is 1. The Balaban J connectivity index is 0.00000200. The van der Waals surface area contributed by atoms with Gasteiger partial charge in [-0.15, -0.1) is 24.0 Å². The molecule has 0 radical (unpaired) electrons. The molecule has 0 unspecified atom stereocenters.